The Hall–Kier alpha value is -1.83. The number of anilines is 1. The van der Waals surface area contributed by atoms with E-state index < -0.39 is 6.10 Å². The highest BCUT2D eigenvalue weighted by Gasteiger charge is 2.11. The first kappa shape index (κ1) is 19.5. The van der Waals surface area contributed by atoms with Gasteiger partial charge in [0.15, 0.2) is 5.96 Å². The number of aliphatic imine (C=N–C) groups is 1. The number of rotatable bonds is 7. The van der Waals surface area contributed by atoms with Gasteiger partial charge in [0.05, 0.1) is 10.9 Å². The first-order valence-corrected chi connectivity index (χ1v) is 9.26. The lowest BCUT2D eigenvalue weighted by Gasteiger charge is -2.15. The average molecular weight is 382 g/mol. The number of aromatic nitrogens is 1. The maximum atomic E-state index is 10.2. The minimum Gasteiger partial charge on any atom is -0.386 e. The number of aliphatic hydroxyl groups is 1. The van der Waals surface area contributed by atoms with E-state index in [4.69, 9.17) is 11.6 Å². The molecule has 1 unspecified atom stereocenters. The summed E-state index contributed by atoms with van der Waals surface area (Å²) in [5, 5.41) is 16.6. The zero-order chi connectivity index (χ0) is 18.2. The quantitative estimate of drug-likeness (QED) is 0.508. The van der Waals surface area contributed by atoms with Gasteiger partial charge in [-0.15, -0.1) is 11.3 Å². The summed E-state index contributed by atoms with van der Waals surface area (Å²) in [7, 11) is 3.92. The lowest BCUT2D eigenvalue weighted by Crippen LogP contribution is -2.39. The van der Waals surface area contributed by atoms with Crippen LogP contribution in [0.1, 0.15) is 23.5 Å². The van der Waals surface area contributed by atoms with Gasteiger partial charge in [-0.3, -0.25) is 0 Å². The molecule has 6 nitrogen and oxygen atoms in total. The Balaban J connectivity index is 1.97. The van der Waals surface area contributed by atoms with Crippen molar-refractivity contribution in [3.63, 3.8) is 0 Å². The Morgan fingerprint density at radius 1 is 1.36 bits per heavy atom. The van der Waals surface area contributed by atoms with Crippen molar-refractivity contribution in [1.82, 2.24) is 15.6 Å². The van der Waals surface area contributed by atoms with E-state index >= 15 is 0 Å². The molecule has 0 spiro atoms. The third-order valence-electron chi connectivity index (χ3n) is 3.42. The average Bonchev–Trinajstić information content (AvgIpc) is 3.04. The second-order valence-corrected chi connectivity index (χ2v) is 7.40. The highest BCUT2D eigenvalue weighted by molar-refractivity contribution is 7.16. The lowest BCUT2D eigenvalue weighted by atomic mass is 10.2. The molecule has 0 aliphatic carbocycles. The number of nitrogens with one attached hydrogen (secondary N) is 2. The Kier molecular flexibility index (Phi) is 7.49. The number of aliphatic hydroxyl groups excluding tert-OH is 1. The van der Waals surface area contributed by atoms with E-state index in [0.29, 0.717) is 23.4 Å². The van der Waals surface area contributed by atoms with Crippen molar-refractivity contribution in [3.05, 3.63) is 45.2 Å². The van der Waals surface area contributed by atoms with Crippen LogP contribution in [0.3, 0.4) is 0 Å². The SMILES string of the molecule is CCNC(=NCc1ccnc(N(C)C)c1)NCC(O)c1ccc(Cl)s1. The van der Waals surface area contributed by atoms with Crippen LogP contribution < -0.4 is 15.5 Å². The maximum absolute atomic E-state index is 10.2. The second kappa shape index (κ2) is 9.60. The van der Waals surface area contributed by atoms with Crippen molar-refractivity contribution >= 4 is 34.7 Å². The number of guanidine groups is 1. The van der Waals surface area contributed by atoms with Crippen LogP contribution in [0.4, 0.5) is 5.82 Å². The standard InChI is InChI=1S/C17H24ClN5OS/c1-4-19-17(22-11-13(24)14-5-6-15(18)25-14)21-10-12-7-8-20-16(9-12)23(2)3/h5-9,13,24H,4,10-11H2,1-3H3,(H2,19,21,22). The molecule has 8 heteroatoms. The molecule has 3 N–H and O–H groups in total. The van der Waals surface area contributed by atoms with Crippen LogP contribution in [0.15, 0.2) is 35.5 Å². The summed E-state index contributed by atoms with van der Waals surface area (Å²) in [4.78, 5) is 11.7. The summed E-state index contributed by atoms with van der Waals surface area (Å²) in [6.07, 6.45) is 1.16. The van der Waals surface area contributed by atoms with Crippen LogP contribution >= 0.6 is 22.9 Å². The van der Waals surface area contributed by atoms with Crippen molar-refractivity contribution in [2.45, 2.75) is 19.6 Å². The molecular formula is C17H24ClN5OS. The molecule has 2 aromatic rings. The van der Waals surface area contributed by atoms with Gasteiger partial charge < -0.3 is 20.6 Å². The van der Waals surface area contributed by atoms with Gasteiger partial charge in [0, 0.05) is 38.3 Å². The fourth-order valence-corrected chi connectivity index (χ4v) is 3.16. The molecular weight excluding hydrogens is 358 g/mol. The topological polar surface area (TPSA) is 72.8 Å². The largest absolute Gasteiger partial charge is 0.386 e. The van der Waals surface area contributed by atoms with Gasteiger partial charge >= 0.3 is 0 Å². The van der Waals surface area contributed by atoms with Crippen LogP contribution in [0.5, 0.6) is 0 Å². The molecule has 2 rings (SSSR count). The molecule has 0 radical (unpaired) electrons. The predicted molar refractivity (Wildman–Crippen MR) is 106 cm³/mol. The minimum atomic E-state index is -0.623. The Morgan fingerprint density at radius 2 is 2.16 bits per heavy atom. The minimum absolute atomic E-state index is 0.363. The van der Waals surface area contributed by atoms with E-state index in [9.17, 15) is 5.11 Å². The molecule has 0 saturated heterocycles. The molecule has 2 aromatic heterocycles. The van der Waals surface area contributed by atoms with Crippen molar-refractivity contribution in [1.29, 1.82) is 0 Å². The Labute approximate surface area is 157 Å². The number of hydrogen-bond acceptors (Lipinski definition) is 5. The molecule has 0 aromatic carbocycles. The fourth-order valence-electron chi connectivity index (χ4n) is 2.12. The molecule has 2 heterocycles. The summed E-state index contributed by atoms with van der Waals surface area (Å²) in [6.45, 7) is 3.64. The highest BCUT2D eigenvalue weighted by atomic mass is 35.5. The third kappa shape index (κ3) is 6.19. The molecule has 0 amide bonds. The number of thiophene rings is 1. The molecule has 0 bridgehead atoms. The van der Waals surface area contributed by atoms with Crippen molar-refractivity contribution in [3.8, 4) is 0 Å². The fraction of sp³-hybridized carbons (Fsp3) is 0.412. The zero-order valence-corrected chi connectivity index (χ0v) is 16.2. The zero-order valence-electron chi connectivity index (χ0n) is 14.7. The molecule has 1 atom stereocenters. The highest BCUT2D eigenvalue weighted by Crippen LogP contribution is 2.26. The van der Waals surface area contributed by atoms with E-state index in [0.717, 1.165) is 22.8 Å². The molecule has 0 aliphatic heterocycles. The van der Waals surface area contributed by atoms with Gasteiger partial charge in [0.1, 0.15) is 11.9 Å². The number of halogens is 1. The van der Waals surface area contributed by atoms with Gasteiger partial charge in [-0.1, -0.05) is 11.6 Å². The molecule has 25 heavy (non-hydrogen) atoms. The van der Waals surface area contributed by atoms with E-state index in [1.54, 1.807) is 12.3 Å². The molecule has 0 fully saturated rings. The van der Waals surface area contributed by atoms with Gasteiger partial charge in [-0.25, -0.2) is 9.98 Å². The van der Waals surface area contributed by atoms with Crippen LogP contribution in [0.2, 0.25) is 4.34 Å². The van der Waals surface area contributed by atoms with Crippen LogP contribution in [-0.2, 0) is 6.54 Å². The van der Waals surface area contributed by atoms with Crippen LogP contribution in [0, 0.1) is 0 Å². The first-order chi connectivity index (χ1) is 12.0. The summed E-state index contributed by atoms with van der Waals surface area (Å²) in [5.74, 6) is 1.56. The van der Waals surface area contributed by atoms with Crippen molar-refractivity contribution in [2.24, 2.45) is 4.99 Å². The van der Waals surface area contributed by atoms with Crippen molar-refractivity contribution in [2.75, 3.05) is 32.1 Å². The molecule has 136 valence electrons. The monoisotopic (exact) mass is 381 g/mol. The van der Waals surface area contributed by atoms with Gasteiger partial charge in [0.25, 0.3) is 0 Å². The first-order valence-electron chi connectivity index (χ1n) is 8.07. The molecule has 0 saturated carbocycles. The van der Waals surface area contributed by atoms with Crippen LogP contribution in [-0.4, -0.2) is 43.2 Å². The van der Waals surface area contributed by atoms with E-state index in [1.165, 1.54) is 11.3 Å². The smallest absolute Gasteiger partial charge is 0.191 e. The summed E-state index contributed by atoms with van der Waals surface area (Å²) >= 11 is 7.29. The summed E-state index contributed by atoms with van der Waals surface area (Å²) in [5.41, 5.74) is 1.07. The third-order valence-corrected chi connectivity index (χ3v) is 4.75. The molecule has 0 aliphatic rings. The van der Waals surface area contributed by atoms with Crippen LogP contribution in [0.25, 0.3) is 0 Å². The number of nitrogens with zero attached hydrogens (tertiary/aromatic N) is 3. The number of pyridine rings is 1. The predicted octanol–water partition coefficient (Wildman–Crippen LogP) is 2.65. The van der Waals surface area contributed by atoms with Gasteiger partial charge in [-0.2, -0.15) is 0 Å². The maximum Gasteiger partial charge on any atom is 0.191 e. The van der Waals surface area contributed by atoms with Gasteiger partial charge in [0.2, 0.25) is 0 Å². The normalized spacial score (nSPS) is 12.8. The number of hydrogen-bond donors (Lipinski definition) is 3. The van der Waals surface area contributed by atoms with E-state index in [1.807, 2.05) is 44.1 Å². The van der Waals surface area contributed by atoms with Crippen molar-refractivity contribution < 1.29 is 5.11 Å². The Bertz CT molecular complexity index is 704. The second-order valence-electron chi connectivity index (χ2n) is 5.65. The lowest BCUT2D eigenvalue weighted by molar-refractivity contribution is 0.184. The van der Waals surface area contributed by atoms with E-state index in [-0.39, 0.29) is 0 Å². The van der Waals surface area contributed by atoms with E-state index in [2.05, 4.69) is 20.6 Å². The summed E-state index contributed by atoms with van der Waals surface area (Å²) in [6, 6.07) is 7.58. The Morgan fingerprint density at radius 3 is 2.80 bits per heavy atom. The summed E-state index contributed by atoms with van der Waals surface area (Å²) < 4.78 is 0.670. The van der Waals surface area contributed by atoms with Gasteiger partial charge in [-0.05, 0) is 36.8 Å².